The molecule has 0 aliphatic carbocycles. The molecule has 0 aromatic heterocycles. The standard InChI is InChI=1S/C18H26N2S/c1-13-9-10-17(20-11-7-6-8-12-20)18(14(13)2)21-16(4)15(3)19-5/h9-10,19H,3-4,6-8,11-12H2,1-2,5H3. The van der Waals surface area contributed by atoms with Crippen LogP contribution in [0.4, 0.5) is 5.69 Å². The van der Waals surface area contributed by atoms with Gasteiger partial charge in [0.2, 0.25) is 0 Å². The highest BCUT2D eigenvalue weighted by atomic mass is 32.2. The maximum atomic E-state index is 4.16. The summed E-state index contributed by atoms with van der Waals surface area (Å²) >= 11 is 1.74. The Hall–Kier alpha value is -1.35. The fraction of sp³-hybridized carbons (Fsp3) is 0.444. The maximum absolute atomic E-state index is 4.16. The molecular weight excluding hydrogens is 276 g/mol. The largest absolute Gasteiger partial charge is 0.388 e. The van der Waals surface area contributed by atoms with Gasteiger partial charge in [-0.1, -0.05) is 31.0 Å². The highest BCUT2D eigenvalue weighted by Crippen LogP contribution is 2.40. The lowest BCUT2D eigenvalue weighted by Gasteiger charge is -2.31. The summed E-state index contributed by atoms with van der Waals surface area (Å²) < 4.78 is 0. The lowest BCUT2D eigenvalue weighted by atomic mass is 10.1. The molecule has 1 aromatic rings. The molecule has 1 N–H and O–H groups in total. The molecule has 1 saturated heterocycles. The van der Waals surface area contributed by atoms with Crippen molar-refractivity contribution in [3.05, 3.63) is 47.0 Å². The molecule has 114 valence electrons. The second-order valence-corrected chi connectivity index (χ2v) is 6.76. The first-order chi connectivity index (χ1) is 10.0. The fourth-order valence-corrected chi connectivity index (χ4v) is 3.70. The molecule has 2 rings (SSSR count). The number of anilines is 1. The van der Waals surface area contributed by atoms with Crippen molar-refractivity contribution in [2.75, 3.05) is 25.0 Å². The second kappa shape index (κ2) is 7.08. The van der Waals surface area contributed by atoms with Crippen LogP contribution in [0.5, 0.6) is 0 Å². The first kappa shape index (κ1) is 16.0. The molecule has 0 atom stereocenters. The van der Waals surface area contributed by atoms with Gasteiger partial charge in [-0.25, -0.2) is 0 Å². The van der Waals surface area contributed by atoms with Crippen LogP contribution in [0, 0.1) is 13.8 Å². The van der Waals surface area contributed by atoms with Gasteiger partial charge in [0.05, 0.1) is 5.69 Å². The summed E-state index contributed by atoms with van der Waals surface area (Å²) in [5.41, 5.74) is 4.94. The Balaban J connectivity index is 2.34. The molecule has 0 radical (unpaired) electrons. The molecule has 0 amide bonds. The zero-order valence-corrected chi connectivity index (χ0v) is 14.3. The molecule has 2 nitrogen and oxygen atoms in total. The van der Waals surface area contributed by atoms with E-state index in [-0.39, 0.29) is 0 Å². The van der Waals surface area contributed by atoms with Crippen molar-refractivity contribution in [1.82, 2.24) is 5.32 Å². The van der Waals surface area contributed by atoms with E-state index in [9.17, 15) is 0 Å². The number of hydrogen-bond donors (Lipinski definition) is 1. The minimum Gasteiger partial charge on any atom is -0.388 e. The van der Waals surface area contributed by atoms with Gasteiger partial charge in [0.1, 0.15) is 0 Å². The average molecular weight is 302 g/mol. The Morgan fingerprint density at radius 1 is 1.14 bits per heavy atom. The monoisotopic (exact) mass is 302 g/mol. The smallest absolute Gasteiger partial charge is 0.0510 e. The van der Waals surface area contributed by atoms with Gasteiger partial charge in [0, 0.05) is 35.6 Å². The number of piperidine rings is 1. The molecular formula is C18H26N2S. The van der Waals surface area contributed by atoms with Gasteiger partial charge in [-0.2, -0.15) is 0 Å². The van der Waals surface area contributed by atoms with Crippen LogP contribution in [0.2, 0.25) is 0 Å². The normalized spacial score (nSPS) is 14.9. The minimum atomic E-state index is 0.894. The van der Waals surface area contributed by atoms with Crippen LogP contribution >= 0.6 is 11.8 Å². The molecule has 1 fully saturated rings. The number of likely N-dealkylation sites (N-methyl/N-ethyl adjacent to an activating group) is 1. The number of nitrogens with zero attached hydrogens (tertiary/aromatic N) is 1. The van der Waals surface area contributed by atoms with E-state index in [2.05, 4.69) is 49.4 Å². The van der Waals surface area contributed by atoms with Gasteiger partial charge in [-0.05, 0) is 50.3 Å². The maximum Gasteiger partial charge on any atom is 0.0510 e. The minimum absolute atomic E-state index is 0.894. The summed E-state index contributed by atoms with van der Waals surface area (Å²) in [6, 6.07) is 4.50. The van der Waals surface area contributed by atoms with Gasteiger partial charge in [-0.3, -0.25) is 0 Å². The number of benzene rings is 1. The number of aryl methyl sites for hydroxylation is 1. The van der Waals surface area contributed by atoms with Crippen LogP contribution < -0.4 is 10.2 Å². The van der Waals surface area contributed by atoms with E-state index >= 15 is 0 Å². The topological polar surface area (TPSA) is 15.3 Å². The molecule has 0 saturated carbocycles. The quantitative estimate of drug-likeness (QED) is 0.630. The first-order valence-corrected chi connectivity index (χ1v) is 8.45. The van der Waals surface area contributed by atoms with E-state index in [4.69, 9.17) is 0 Å². The Morgan fingerprint density at radius 2 is 1.81 bits per heavy atom. The molecule has 21 heavy (non-hydrogen) atoms. The molecule has 0 unspecified atom stereocenters. The van der Waals surface area contributed by atoms with Gasteiger partial charge in [0.25, 0.3) is 0 Å². The van der Waals surface area contributed by atoms with Gasteiger partial charge in [0.15, 0.2) is 0 Å². The van der Waals surface area contributed by atoms with Crippen LogP contribution in [-0.4, -0.2) is 20.1 Å². The van der Waals surface area contributed by atoms with Crippen molar-refractivity contribution in [2.45, 2.75) is 38.0 Å². The van der Waals surface area contributed by atoms with E-state index in [0.717, 1.165) is 23.7 Å². The van der Waals surface area contributed by atoms with Crippen molar-refractivity contribution in [1.29, 1.82) is 0 Å². The van der Waals surface area contributed by atoms with E-state index in [1.165, 1.54) is 41.0 Å². The molecule has 0 spiro atoms. The Labute approximate surface area is 133 Å². The van der Waals surface area contributed by atoms with Gasteiger partial charge in [-0.15, -0.1) is 0 Å². The van der Waals surface area contributed by atoms with Crippen LogP contribution in [0.1, 0.15) is 30.4 Å². The van der Waals surface area contributed by atoms with Crippen molar-refractivity contribution in [3.63, 3.8) is 0 Å². The third-order valence-corrected chi connectivity index (χ3v) is 5.43. The van der Waals surface area contributed by atoms with Crippen LogP contribution in [0.15, 0.2) is 40.8 Å². The zero-order valence-electron chi connectivity index (χ0n) is 13.5. The SMILES string of the molecule is C=C(NC)C(=C)Sc1c(N2CCCCC2)ccc(C)c1C. The molecule has 1 heterocycles. The van der Waals surface area contributed by atoms with E-state index < -0.39 is 0 Å². The van der Waals surface area contributed by atoms with Crippen molar-refractivity contribution in [3.8, 4) is 0 Å². The van der Waals surface area contributed by atoms with Crippen LogP contribution in [0.25, 0.3) is 0 Å². The van der Waals surface area contributed by atoms with Gasteiger partial charge < -0.3 is 10.2 Å². The highest BCUT2D eigenvalue weighted by molar-refractivity contribution is 8.03. The van der Waals surface area contributed by atoms with Crippen molar-refractivity contribution < 1.29 is 0 Å². The third-order valence-electron chi connectivity index (χ3n) is 4.22. The Bertz CT molecular complexity index is 542. The third kappa shape index (κ3) is 3.65. The number of thioether (sulfide) groups is 1. The highest BCUT2D eigenvalue weighted by Gasteiger charge is 2.18. The van der Waals surface area contributed by atoms with E-state index in [1.54, 1.807) is 11.8 Å². The molecule has 1 aliphatic rings. The first-order valence-electron chi connectivity index (χ1n) is 7.63. The molecule has 0 bridgehead atoms. The average Bonchev–Trinajstić information content (AvgIpc) is 2.52. The summed E-state index contributed by atoms with van der Waals surface area (Å²) in [6.07, 6.45) is 3.94. The van der Waals surface area contributed by atoms with Crippen LogP contribution in [-0.2, 0) is 0 Å². The number of nitrogens with one attached hydrogen (secondary N) is 1. The van der Waals surface area contributed by atoms with E-state index in [0.29, 0.717) is 0 Å². The lowest BCUT2D eigenvalue weighted by Crippen LogP contribution is -2.30. The summed E-state index contributed by atoms with van der Waals surface area (Å²) in [5, 5.41) is 3.09. The molecule has 1 aromatic carbocycles. The fourth-order valence-electron chi connectivity index (χ4n) is 2.61. The van der Waals surface area contributed by atoms with Crippen molar-refractivity contribution >= 4 is 17.4 Å². The Kier molecular flexibility index (Phi) is 5.40. The predicted octanol–water partition coefficient (Wildman–Crippen LogP) is 4.63. The Morgan fingerprint density at radius 3 is 2.43 bits per heavy atom. The summed E-state index contributed by atoms with van der Waals surface area (Å²) in [5.74, 6) is 0. The number of rotatable bonds is 5. The predicted molar refractivity (Wildman–Crippen MR) is 95.2 cm³/mol. The van der Waals surface area contributed by atoms with Gasteiger partial charge >= 0.3 is 0 Å². The summed E-state index contributed by atoms with van der Waals surface area (Å²) in [7, 11) is 1.89. The van der Waals surface area contributed by atoms with E-state index in [1.807, 2.05) is 7.05 Å². The molecule has 3 heteroatoms. The summed E-state index contributed by atoms with van der Waals surface area (Å²) in [4.78, 5) is 4.84. The zero-order chi connectivity index (χ0) is 15.4. The number of hydrogen-bond acceptors (Lipinski definition) is 3. The molecule has 1 aliphatic heterocycles. The lowest BCUT2D eigenvalue weighted by molar-refractivity contribution is 0.575. The van der Waals surface area contributed by atoms with Crippen LogP contribution in [0.3, 0.4) is 0 Å². The summed E-state index contributed by atoms with van der Waals surface area (Å²) in [6.45, 7) is 14.9. The van der Waals surface area contributed by atoms with Crippen molar-refractivity contribution in [2.24, 2.45) is 0 Å². The second-order valence-electron chi connectivity index (χ2n) is 5.66.